The summed E-state index contributed by atoms with van der Waals surface area (Å²) >= 11 is 8.11. The Hall–Kier alpha value is -2.03. The van der Waals surface area contributed by atoms with Crippen LogP contribution in [-0.2, 0) is 16.3 Å². The minimum absolute atomic E-state index is 0.393. The summed E-state index contributed by atoms with van der Waals surface area (Å²) < 4.78 is 37.4. The zero-order valence-corrected chi connectivity index (χ0v) is 21.4. The van der Waals surface area contributed by atoms with Crippen LogP contribution in [0.1, 0.15) is 31.0 Å². The molecule has 2 atom stereocenters. The van der Waals surface area contributed by atoms with Crippen LogP contribution in [-0.4, -0.2) is 56.1 Å². The number of nitrogens with zero attached hydrogens (tertiary/aromatic N) is 2. The van der Waals surface area contributed by atoms with Gasteiger partial charge in [0, 0.05) is 36.5 Å². The fourth-order valence-corrected chi connectivity index (χ4v) is 8.13. The summed E-state index contributed by atoms with van der Waals surface area (Å²) in [6.07, 6.45) is 8.87. The average molecular weight is 509 g/mol. The third-order valence-corrected chi connectivity index (χ3v) is 10.5. The number of sulfone groups is 1. The van der Waals surface area contributed by atoms with Gasteiger partial charge in [0.25, 0.3) is 0 Å². The first kappa shape index (κ1) is 24.1. The van der Waals surface area contributed by atoms with E-state index in [2.05, 4.69) is 10.3 Å². The summed E-state index contributed by atoms with van der Waals surface area (Å²) in [7, 11) is -0.105. The Labute approximate surface area is 204 Å². The molecule has 2 unspecified atom stereocenters. The first-order valence-electron chi connectivity index (χ1n) is 10.9. The van der Waals surface area contributed by atoms with Gasteiger partial charge < -0.3 is 14.4 Å². The number of benzene rings is 1. The van der Waals surface area contributed by atoms with Gasteiger partial charge in [-0.3, -0.25) is 0 Å². The van der Waals surface area contributed by atoms with Crippen LogP contribution in [0.5, 0.6) is 11.5 Å². The molecule has 0 saturated carbocycles. The van der Waals surface area contributed by atoms with Crippen molar-refractivity contribution in [3.63, 3.8) is 0 Å². The van der Waals surface area contributed by atoms with Crippen molar-refractivity contribution in [2.45, 2.75) is 41.6 Å². The monoisotopic (exact) mass is 508 g/mol. The van der Waals surface area contributed by atoms with E-state index in [9.17, 15) is 8.42 Å². The largest absolute Gasteiger partial charge is 0.497 e. The SMILES string of the molecule is COc1ccc(Cc2csc(N3CCC(S(=O)(=O)C4C=CC=CC4(C)Cl)CC3)n2)c(OC)c1. The van der Waals surface area contributed by atoms with Gasteiger partial charge in [0.05, 0.1) is 30.0 Å². The van der Waals surface area contributed by atoms with Crippen LogP contribution in [0.25, 0.3) is 0 Å². The highest BCUT2D eigenvalue weighted by Crippen LogP contribution is 2.36. The second-order valence-electron chi connectivity index (χ2n) is 8.57. The fraction of sp³-hybridized carbons (Fsp3) is 0.458. The van der Waals surface area contributed by atoms with E-state index in [-0.39, 0.29) is 0 Å². The zero-order valence-electron chi connectivity index (χ0n) is 19.0. The second kappa shape index (κ2) is 9.68. The van der Waals surface area contributed by atoms with Gasteiger partial charge in [-0.25, -0.2) is 13.4 Å². The number of ether oxygens (including phenoxy) is 2. The van der Waals surface area contributed by atoms with Crippen LogP contribution in [0.15, 0.2) is 47.9 Å². The molecule has 1 saturated heterocycles. The van der Waals surface area contributed by atoms with Gasteiger partial charge in [0.1, 0.15) is 16.7 Å². The minimum Gasteiger partial charge on any atom is -0.497 e. The van der Waals surface area contributed by atoms with E-state index in [0.29, 0.717) is 32.4 Å². The summed E-state index contributed by atoms with van der Waals surface area (Å²) in [4.78, 5) is 6.09. The topological polar surface area (TPSA) is 68.7 Å². The number of methoxy groups -OCH3 is 2. The van der Waals surface area contributed by atoms with Gasteiger partial charge in [-0.1, -0.05) is 30.4 Å². The van der Waals surface area contributed by atoms with Crippen molar-refractivity contribution >= 4 is 37.9 Å². The predicted octanol–water partition coefficient (Wildman–Crippen LogP) is 4.63. The van der Waals surface area contributed by atoms with Crippen LogP contribution in [0.2, 0.25) is 0 Å². The molecule has 9 heteroatoms. The Morgan fingerprint density at radius 1 is 1.21 bits per heavy atom. The van der Waals surface area contributed by atoms with Gasteiger partial charge in [0.2, 0.25) is 0 Å². The molecule has 0 spiro atoms. The lowest BCUT2D eigenvalue weighted by atomic mass is 10.0. The maximum atomic E-state index is 13.3. The van der Waals surface area contributed by atoms with Crippen molar-refractivity contribution in [1.29, 1.82) is 0 Å². The number of piperidine rings is 1. The third kappa shape index (κ3) is 5.08. The first-order valence-corrected chi connectivity index (χ1v) is 13.8. The lowest BCUT2D eigenvalue weighted by Crippen LogP contribution is -2.47. The summed E-state index contributed by atoms with van der Waals surface area (Å²) in [6.45, 7) is 3.09. The van der Waals surface area contributed by atoms with Gasteiger partial charge in [0.15, 0.2) is 15.0 Å². The summed E-state index contributed by atoms with van der Waals surface area (Å²) in [6, 6.07) is 5.78. The lowest BCUT2D eigenvalue weighted by Gasteiger charge is -2.36. The van der Waals surface area contributed by atoms with Crippen LogP contribution in [0.4, 0.5) is 5.13 Å². The van der Waals surface area contributed by atoms with Crippen LogP contribution >= 0.6 is 22.9 Å². The summed E-state index contributed by atoms with van der Waals surface area (Å²) in [5, 5.41) is 1.89. The third-order valence-electron chi connectivity index (χ3n) is 6.31. The number of hydrogen-bond acceptors (Lipinski definition) is 7. The number of anilines is 1. The van der Waals surface area contributed by atoms with Crippen molar-refractivity contribution in [1.82, 2.24) is 4.98 Å². The van der Waals surface area contributed by atoms with Crippen molar-refractivity contribution in [3.8, 4) is 11.5 Å². The molecule has 0 amide bonds. The van der Waals surface area contributed by atoms with E-state index in [1.54, 1.807) is 50.7 Å². The molecule has 0 N–H and O–H groups in total. The number of allylic oxidation sites excluding steroid dienone is 3. The molecule has 1 fully saturated rings. The molecular weight excluding hydrogens is 480 g/mol. The standard InChI is InChI=1S/C24H29ClN2O4S2/c1-24(25)11-5-4-6-22(24)33(28,29)20-9-12-27(13-10-20)23-26-18(16-32-23)14-17-7-8-19(30-2)15-21(17)31-3/h4-8,11,15-16,20,22H,9-10,12-14H2,1-3H3. The van der Waals surface area contributed by atoms with E-state index in [4.69, 9.17) is 26.1 Å². The number of thiazole rings is 1. The number of halogens is 1. The molecule has 6 nitrogen and oxygen atoms in total. The Morgan fingerprint density at radius 3 is 2.64 bits per heavy atom. The molecule has 1 aromatic carbocycles. The average Bonchev–Trinajstić information content (AvgIpc) is 3.27. The van der Waals surface area contributed by atoms with Crippen LogP contribution in [0, 0.1) is 0 Å². The Morgan fingerprint density at radius 2 is 1.97 bits per heavy atom. The van der Waals surface area contributed by atoms with E-state index in [1.165, 1.54) is 0 Å². The van der Waals surface area contributed by atoms with E-state index < -0.39 is 25.2 Å². The molecule has 178 valence electrons. The van der Waals surface area contributed by atoms with Gasteiger partial charge >= 0.3 is 0 Å². The Balaban J connectivity index is 1.40. The lowest BCUT2D eigenvalue weighted by molar-refractivity contribution is 0.391. The van der Waals surface area contributed by atoms with E-state index >= 15 is 0 Å². The molecule has 1 aromatic heterocycles. The summed E-state index contributed by atoms with van der Waals surface area (Å²) in [5.41, 5.74) is 2.00. The number of alkyl halides is 1. The second-order valence-corrected chi connectivity index (χ2v) is 12.6. The number of rotatable bonds is 7. The molecule has 2 aromatic rings. The van der Waals surface area contributed by atoms with Crippen molar-refractivity contribution in [2.24, 2.45) is 0 Å². The fourth-order valence-electron chi connectivity index (χ4n) is 4.42. The van der Waals surface area contributed by atoms with E-state index in [1.807, 2.05) is 24.3 Å². The Kier molecular flexibility index (Phi) is 7.07. The van der Waals surface area contributed by atoms with Crippen molar-refractivity contribution in [2.75, 3.05) is 32.2 Å². The quantitative estimate of drug-likeness (QED) is 0.508. The van der Waals surface area contributed by atoms with Crippen molar-refractivity contribution < 1.29 is 17.9 Å². The first-order chi connectivity index (χ1) is 15.7. The molecule has 33 heavy (non-hydrogen) atoms. The molecule has 0 bridgehead atoms. The van der Waals surface area contributed by atoms with E-state index in [0.717, 1.165) is 27.9 Å². The highest BCUT2D eigenvalue weighted by Gasteiger charge is 2.44. The molecule has 2 aliphatic rings. The molecule has 4 rings (SSSR count). The van der Waals surface area contributed by atoms with Crippen molar-refractivity contribution in [3.05, 3.63) is 59.1 Å². The highest BCUT2D eigenvalue weighted by atomic mass is 35.5. The zero-order chi connectivity index (χ0) is 23.6. The molecular formula is C24H29ClN2O4S2. The normalized spacial score (nSPS) is 23.6. The smallest absolute Gasteiger partial charge is 0.185 e. The number of aromatic nitrogens is 1. The van der Waals surface area contributed by atoms with Gasteiger partial charge in [-0.15, -0.1) is 22.9 Å². The minimum atomic E-state index is -3.39. The van der Waals surface area contributed by atoms with Crippen LogP contribution in [0.3, 0.4) is 0 Å². The predicted molar refractivity (Wildman–Crippen MR) is 135 cm³/mol. The molecule has 2 heterocycles. The van der Waals surface area contributed by atoms with Crippen LogP contribution < -0.4 is 14.4 Å². The molecule has 0 radical (unpaired) electrons. The maximum absolute atomic E-state index is 13.3. The maximum Gasteiger partial charge on any atom is 0.185 e. The van der Waals surface area contributed by atoms with Gasteiger partial charge in [-0.2, -0.15) is 0 Å². The number of hydrogen-bond donors (Lipinski definition) is 0. The molecule has 1 aliphatic carbocycles. The Bertz CT molecular complexity index is 1150. The highest BCUT2D eigenvalue weighted by molar-refractivity contribution is 7.93. The summed E-state index contributed by atoms with van der Waals surface area (Å²) in [5.74, 6) is 1.52. The van der Waals surface area contributed by atoms with Gasteiger partial charge in [-0.05, 0) is 25.8 Å². The molecule has 1 aliphatic heterocycles.